The summed E-state index contributed by atoms with van der Waals surface area (Å²) >= 11 is 0. The fourth-order valence-corrected chi connectivity index (χ4v) is 3.08. The van der Waals surface area contributed by atoms with Gasteiger partial charge in [-0.1, -0.05) is 12.8 Å². The largest absolute Gasteiger partial charge is 0.481 e. The van der Waals surface area contributed by atoms with Crippen molar-refractivity contribution in [3.63, 3.8) is 0 Å². The lowest BCUT2D eigenvalue weighted by molar-refractivity contribution is -0.149. The summed E-state index contributed by atoms with van der Waals surface area (Å²) in [6.07, 6.45) is 4.80. The number of aryl methyl sites for hydroxylation is 1. The lowest BCUT2D eigenvalue weighted by Gasteiger charge is -2.28. The molecule has 1 aromatic heterocycles. The Morgan fingerprint density at radius 2 is 2.00 bits per heavy atom. The second-order valence-corrected chi connectivity index (χ2v) is 5.87. The number of carbonyl (C=O) groups excluding carboxylic acids is 1. The lowest BCUT2D eigenvalue weighted by atomic mass is 9.78. The van der Waals surface area contributed by atoms with Crippen LogP contribution in [0.3, 0.4) is 0 Å². The molecule has 6 nitrogen and oxygen atoms in total. The second kappa shape index (κ2) is 6.28. The van der Waals surface area contributed by atoms with Crippen LogP contribution < -0.4 is 5.32 Å². The van der Waals surface area contributed by atoms with Crippen LogP contribution in [0.2, 0.25) is 0 Å². The molecule has 0 radical (unpaired) electrons. The first kappa shape index (κ1) is 15.5. The van der Waals surface area contributed by atoms with Gasteiger partial charge in [-0.05, 0) is 26.7 Å². The molecule has 2 rings (SSSR count). The fourth-order valence-electron chi connectivity index (χ4n) is 3.08. The monoisotopic (exact) mass is 293 g/mol. The SMILES string of the molecule is Cc1c(C(C)NC(=O)[C@@H]2CCCC[C@@H]2C(=O)O)cnn1C. The normalized spacial score (nSPS) is 23.6. The molecule has 2 N–H and O–H groups in total. The summed E-state index contributed by atoms with van der Waals surface area (Å²) in [7, 11) is 1.86. The van der Waals surface area contributed by atoms with Crippen molar-refractivity contribution in [1.29, 1.82) is 0 Å². The number of nitrogens with zero attached hydrogens (tertiary/aromatic N) is 2. The molecule has 6 heteroatoms. The van der Waals surface area contributed by atoms with Gasteiger partial charge in [-0.25, -0.2) is 0 Å². The third-order valence-electron chi connectivity index (χ3n) is 4.52. The molecule has 0 aromatic carbocycles. The third-order valence-corrected chi connectivity index (χ3v) is 4.52. The molecule has 0 aliphatic heterocycles. The van der Waals surface area contributed by atoms with E-state index in [9.17, 15) is 14.7 Å². The van der Waals surface area contributed by atoms with Gasteiger partial charge in [0, 0.05) is 18.3 Å². The molecule has 116 valence electrons. The molecule has 1 heterocycles. The molecule has 21 heavy (non-hydrogen) atoms. The molecular weight excluding hydrogens is 270 g/mol. The van der Waals surface area contributed by atoms with Gasteiger partial charge in [0.15, 0.2) is 0 Å². The van der Waals surface area contributed by atoms with Crippen LogP contribution in [0.15, 0.2) is 6.20 Å². The molecule has 1 aliphatic carbocycles. The summed E-state index contributed by atoms with van der Waals surface area (Å²) in [5.41, 5.74) is 1.97. The van der Waals surface area contributed by atoms with Crippen molar-refractivity contribution < 1.29 is 14.7 Å². The first-order valence-corrected chi connectivity index (χ1v) is 7.43. The topological polar surface area (TPSA) is 84.2 Å². The maximum atomic E-state index is 12.4. The van der Waals surface area contributed by atoms with E-state index >= 15 is 0 Å². The average molecular weight is 293 g/mol. The van der Waals surface area contributed by atoms with Crippen LogP contribution >= 0.6 is 0 Å². The van der Waals surface area contributed by atoms with Crippen molar-refractivity contribution >= 4 is 11.9 Å². The van der Waals surface area contributed by atoms with E-state index in [-0.39, 0.29) is 11.9 Å². The Morgan fingerprint density at radius 3 is 2.52 bits per heavy atom. The van der Waals surface area contributed by atoms with Crippen molar-refractivity contribution in [2.24, 2.45) is 18.9 Å². The molecular formula is C15H23N3O3. The van der Waals surface area contributed by atoms with Gasteiger partial charge in [0.05, 0.1) is 24.1 Å². The van der Waals surface area contributed by atoms with E-state index in [2.05, 4.69) is 10.4 Å². The minimum absolute atomic E-state index is 0.155. The van der Waals surface area contributed by atoms with Gasteiger partial charge in [-0.3, -0.25) is 14.3 Å². The summed E-state index contributed by atoms with van der Waals surface area (Å²) in [5.74, 6) is -1.99. The molecule has 3 atom stereocenters. The van der Waals surface area contributed by atoms with E-state index in [1.165, 1.54) is 0 Å². The summed E-state index contributed by atoms with van der Waals surface area (Å²) in [6, 6.07) is -0.164. The number of hydrogen-bond donors (Lipinski definition) is 2. The van der Waals surface area contributed by atoms with Gasteiger partial charge in [-0.15, -0.1) is 0 Å². The molecule has 1 amide bonds. The second-order valence-electron chi connectivity index (χ2n) is 5.87. The molecule has 1 aliphatic rings. The van der Waals surface area contributed by atoms with Crippen molar-refractivity contribution in [2.75, 3.05) is 0 Å². The van der Waals surface area contributed by atoms with E-state index in [4.69, 9.17) is 0 Å². The number of hydrogen-bond acceptors (Lipinski definition) is 3. The molecule has 0 saturated heterocycles. The predicted octanol–water partition coefficient (Wildman–Crippen LogP) is 1.80. The van der Waals surface area contributed by atoms with Crippen molar-refractivity contribution in [2.45, 2.75) is 45.6 Å². The predicted molar refractivity (Wildman–Crippen MR) is 77.6 cm³/mol. The highest BCUT2D eigenvalue weighted by atomic mass is 16.4. The molecule has 1 saturated carbocycles. The Balaban J connectivity index is 2.06. The molecule has 1 aromatic rings. The molecule has 1 fully saturated rings. The minimum Gasteiger partial charge on any atom is -0.481 e. The highest BCUT2D eigenvalue weighted by Gasteiger charge is 2.36. The average Bonchev–Trinajstić information content (AvgIpc) is 2.79. The molecule has 0 bridgehead atoms. The number of aromatic nitrogens is 2. The van der Waals surface area contributed by atoms with Gasteiger partial charge in [-0.2, -0.15) is 5.10 Å². The zero-order valence-electron chi connectivity index (χ0n) is 12.8. The van der Waals surface area contributed by atoms with E-state index in [1.807, 2.05) is 20.9 Å². The quantitative estimate of drug-likeness (QED) is 0.886. The Hall–Kier alpha value is -1.85. The maximum Gasteiger partial charge on any atom is 0.307 e. The van der Waals surface area contributed by atoms with E-state index in [0.29, 0.717) is 12.8 Å². The number of aliphatic carboxylic acids is 1. The molecule has 1 unspecified atom stereocenters. The summed E-state index contributed by atoms with van der Waals surface area (Å²) in [4.78, 5) is 23.7. The smallest absolute Gasteiger partial charge is 0.307 e. The first-order chi connectivity index (χ1) is 9.91. The van der Waals surface area contributed by atoms with Crippen molar-refractivity contribution in [3.05, 3.63) is 17.5 Å². The van der Waals surface area contributed by atoms with Gasteiger partial charge in [0.25, 0.3) is 0 Å². The summed E-state index contributed by atoms with van der Waals surface area (Å²) in [6.45, 7) is 3.85. The van der Waals surface area contributed by atoms with Crippen LogP contribution in [0.5, 0.6) is 0 Å². The first-order valence-electron chi connectivity index (χ1n) is 7.43. The van der Waals surface area contributed by atoms with Crippen LogP contribution in [-0.2, 0) is 16.6 Å². The minimum atomic E-state index is -0.861. The van der Waals surface area contributed by atoms with E-state index < -0.39 is 17.8 Å². The summed E-state index contributed by atoms with van der Waals surface area (Å²) < 4.78 is 1.76. The van der Waals surface area contributed by atoms with Gasteiger partial charge >= 0.3 is 5.97 Å². The number of rotatable bonds is 4. The van der Waals surface area contributed by atoms with Crippen molar-refractivity contribution in [1.82, 2.24) is 15.1 Å². The number of carboxylic acid groups (broad SMARTS) is 1. The Morgan fingerprint density at radius 1 is 1.38 bits per heavy atom. The number of carboxylic acids is 1. The lowest BCUT2D eigenvalue weighted by Crippen LogP contribution is -2.40. The third kappa shape index (κ3) is 3.25. The van der Waals surface area contributed by atoms with E-state index in [1.54, 1.807) is 10.9 Å². The van der Waals surface area contributed by atoms with Crippen LogP contribution in [0.4, 0.5) is 0 Å². The van der Waals surface area contributed by atoms with E-state index in [0.717, 1.165) is 24.1 Å². The Labute approximate surface area is 124 Å². The standard InChI is InChI=1S/C15H23N3O3/c1-9(13-8-16-18(3)10(13)2)17-14(19)11-6-4-5-7-12(11)15(20)21/h8-9,11-12H,4-7H2,1-3H3,(H,17,19)(H,20,21)/t9?,11-,12+/m1/s1. The van der Waals surface area contributed by atoms with Gasteiger partial charge in [0.2, 0.25) is 5.91 Å². The number of amides is 1. The fraction of sp³-hybridized carbons (Fsp3) is 0.667. The van der Waals surface area contributed by atoms with Crippen molar-refractivity contribution in [3.8, 4) is 0 Å². The summed E-state index contributed by atoms with van der Waals surface area (Å²) in [5, 5.41) is 16.4. The van der Waals surface area contributed by atoms with Gasteiger partial charge < -0.3 is 10.4 Å². The Bertz CT molecular complexity index is 538. The number of nitrogens with one attached hydrogen (secondary N) is 1. The number of carbonyl (C=O) groups is 2. The van der Waals surface area contributed by atoms with Gasteiger partial charge in [0.1, 0.15) is 0 Å². The molecule has 0 spiro atoms. The highest BCUT2D eigenvalue weighted by molar-refractivity contribution is 5.85. The van der Waals surface area contributed by atoms with Crippen LogP contribution in [0.25, 0.3) is 0 Å². The van der Waals surface area contributed by atoms with Crippen LogP contribution in [0, 0.1) is 18.8 Å². The highest BCUT2D eigenvalue weighted by Crippen LogP contribution is 2.31. The van der Waals surface area contributed by atoms with Crippen LogP contribution in [0.1, 0.15) is 49.9 Å². The Kier molecular flexibility index (Phi) is 4.65. The zero-order valence-corrected chi connectivity index (χ0v) is 12.8. The maximum absolute atomic E-state index is 12.4. The van der Waals surface area contributed by atoms with Crippen LogP contribution in [-0.4, -0.2) is 26.8 Å². The zero-order chi connectivity index (χ0) is 15.6.